The van der Waals surface area contributed by atoms with Gasteiger partial charge in [-0.15, -0.1) is 0 Å². The molecule has 0 aliphatic heterocycles. The van der Waals surface area contributed by atoms with Gasteiger partial charge in [0.2, 0.25) is 5.95 Å². The minimum absolute atomic E-state index is 0.0228. The number of anilines is 1. The highest BCUT2D eigenvalue weighted by Gasteiger charge is 2.16. The van der Waals surface area contributed by atoms with Gasteiger partial charge in [-0.05, 0) is 31.2 Å². The van der Waals surface area contributed by atoms with Crippen molar-refractivity contribution >= 4 is 17.0 Å². The van der Waals surface area contributed by atoms with Gasteiger partial charge in [0.15, 0.2) is 0 Å². The van der Waals surface area contributed by atoms with Gasteiger partial charge in [0, 0.05) is 12.3 Å². The average molecular weight is 268 g/mol. The van der Waals surface area contributed by atoms with Crippen molar-refractivity contribution in [3.8, 4) is 5.75 Å². The fraction of sp³-hybridized carbons (Fsp3) is 0.200. The van der Waals surface area contributed by atoms with E-state index in [-0.39, 0.29) is 6.04 Å². The molecule has 0 saturated heterocycles. The fourth-order valence-electron chi connectivity index (χ4n) is 2.39. The lowest BCUT2D eigenvalue weighted by atomic mass is 10.2. The highest BCUT2D eigenvalue weighted by atomic mass is 16.5. The number of fused-ring (bicyclic) bond motifs is 1. The number of nitrogen functional groups attached to an aromatic ring is 1. The number of ether oxygens (including phenoxy) is 1. The number of pyridine rings is 1. The Morgan fingerprint density at radius 2 is 2.10 bits per heavy atom. The van der Waals surface area contributed by atoms with E-state index in [9.17, 15) is 0 Å². The van der Waals surface area contributed by atoms with Crippen LogP contribution in [0.3, 0.4) is 0 Å². The summed E-state index contributed by atoms with van der Waals surface area (Å²) in [5.41, 5.74) is 8.82. The van der Waals surface area contributed by atoms with Crippen molar-refractivity contribution in [2.24, 2.45) is 0 Å². The quantitative estimate of drug-likeness (QED) is 0.793. The molecule has 102 valence electrons. The molecule has 0 radical (unpaired) electrons. The van der Waals surface area contributed by atoms with E-state index in [1.807, 2.05) is 41.0 Å². The molecule has 5 heteroatoms. The molecule has 2 heterocycles. The Kier molecular flexibility index (Phi) is 3.02. The van der Waals surface area contributed by atoms with Crippen LogP contribution in [0.4, 0.5) is 5.95 Å². The number of imidazole rings is 1. The van der Waals surface area contributed by atoms with E-state index in [2.05, 4.69) is 16.9 Å². The third-order valence-corrected chi connectivity index (χ3v) is 3.43. The molecular formula is C15H16N4O. The maximum absolute atomic E-state index is 6.07. The van der Waals surface area contributed by atoms with Gasteiger partial charge >= 0.3 is 0 Å². The van der Waals surface area contributed by atoms with E-state index < -0.39 is 0 Å². The first-order chi connectivity index (χ1) is 9.70. The Morgan fingerprint density at radius 3 is 2.80 bits per heavy atom. The minimum Gasteiger partial charge on any atom is -0.497 e. The zero-order valence-corrected chi connectivity index (χ0v) is 11.4. The predicted molar refractivity (Wildman–Crippen MR) is 78.7 cm³/mol. The van der Waals surface area contributed by atoms with Gasteiger partial charge in [-0.2, -0.15) is 0 Å². The molecule has 0 fully saturated rings. The van der Waals surface area contributed by atoms with Crippen molar-refractivity contribution in [1.29, 1.82) is 0 Å². The first-order valence-corrected chi connectivity index (χ1v) is 6.43. The zero-order chi connectivity index (χ0) is 14.1. The van der Waals surface area contributed by atoms with Crippen LogP contribution in [-0.4, -0.2) is 21.6 Å². The van der Waals surface area contributed by atoms with Gasteiger partial charge < -0.3 is 15.0 Å². The standard InChI is InChI=1S/C15H16N4O/c1-10(12-5-3-4-8-17-12)19-14-7-6-11(20-2)9-13(14)18-15(19)16/h3-10H,1-2H3,(H2,16,18). The molecule has 0 saturated carbocycles. The van der Waals surface area contributed by atoms with E-state index in [1.54, 1.807) is 13.3 Å². The van der Waals surface area contributed by atoms with E-state index in [0.717, 1.165) is 22.5 Å². The number of hydrogen-bond donors (Lipinski definition) is 1. The predicted octanol–water partition coefficient (Wildman–Crippen LogP) is 2.63. The number of nitrogens with zero attached hydrogens (tertiary/aromatic N) is 3. The van der Waals surface area contributed by atoms with Gasteiger partial charge in [-0.3, -0.25) is 4.98 Å². The first kappa shape index (κ1) is 12.5. The molecule has 3 rings (SSSR count). The summed E-state index contributed by atoms with van der Waals surface area (Å²) in [5.74, 6) is 1.25. The smallest absolute Gasteiger partial charge is 0.201 e. The maximum Gasteiger partial charge on any atom is 0.201 e. The molecule has 2 aromatic heterocycles. The number of nitrogens with two attached hydrogens (primary N) is 1. The Morgan fingerprint density at radius 1 is 1.25 bits per heavy atom. The van der Waals surface area contributed by atoms with Crippen LogP contribution in [0.1, 0.15) is 18.7 Å². The highest BCUT2D eigenvalue weighted by Crippen LogP contribution is 2.28. The second kappa shape index (κ2) is 4.85. The normalized spacial score (nSPS) is 12.5. The van der Waals surface area contributed by atoms with E-state index in [1.165, 1.54) is 0 Å². The molecule has 1 aromatic carbocycles. The summed E-state index contributed by atoms with van der Waals surface area (Å²) in [6.45, 7) is 2.06. The lowest BCUT2D eigenvalue weighted by molar-refractivity contribution is 0.415. The number of rotatable bonds is 3. The van der Waals surface area contributed by atoms with Crippen molar-refractivity contribution in [3.05, 3.63) is 48.3 Å². The summed E-state index contributed by atoms with van der Waals surface area (Å²) in [6, 6.07) is 11.6. The molecule has 1 unspecified atom stereocenters. The lowest BCUT2D eigenvalue weighted by Gasteiger charge is -2.15. The largest absolute Gasteiger partial charge is 0.497 e. The lowest BCUT2D eigenvalue weighted by Crippen LogP contribution is -2.11. The molecule has 2 N–H and O–H groups in total. The fourth-order valence-corrected chi connectivity index (χ4v) is 2.39. The molecule has 0 aliphatic carbocycles. The van der Waals surface area contributed by atoms with Crippen LogP contribution in [0.2, 0.25) is 0 Å². The van der Waals surface area contributed by atoms with Crippen molar-refractivity contribution in [2.45, 2.75) is 13.0 Å². The van der Waals surface area contributed by atoms with Gasteiger partial charge in [-0.25, -0.2) is 4.98 Å². The summed E-state index contributed by atoms with van der Waals surface area (Å²) in [5, 5.41) is 0. The van der Waals surface area contributed by atoms with E-state index in [0.29, 0.717) is 5.95 Å². The highest BCUT2D eigenvalue weighted by molar-refractivity contribution is 5.80. The summed E-state index contributed by atoms with van der Waals surface area (Å²) >= 11 is 0. The average Bonchev–Trinajstić information content (AvgIpc) is 2.82. The number of methoxy groups -OCH3 is 1. The molecule has 0 spiro atoms. The monoisotopic (exact) mass is 268 g/mol. The Hall–Kier alpha value is -2.56. The Bertz CT molecular complexity index is 736. The molecule has 5 nitrogen and oxygen atoms in total. The van der Waals surface area contributed by atoms with Crippen LogP contribution in [0.25, 0.3) is 11.0 Å². The second-order valence-electron chi connectivity index (χ2n) is 4.63. The minimum atomic E-state index is 0.0228. The van der Waals surface area contributed by atoms with Crippen molar-refractivity contribution in [3.63, 3.8) is 0 Å². The third kappa shape index (κ3) is 1.97. The van der Waals surface area contributed by atoms with Crippen LogP contribution < -0.4 is 10.5 Å². The number of hydrogen-bond acceptors (Lipinski definition) is 4. The van der Waals surface area contributed by atoms with Crippen LogP contribution in [0.15, 0.2) is 42.6 Å². The SMILES string of the molecule is COc1ccc2c(c1)nc(N)n2C(C)c1ccccn1. The summed E-state index contributed by atoms with van der Waals surface area (Å²) in [6.07, 6.45) is 1.78. The summed E-state index contributed by atoms with van der Waals surface area (Å²) < 4.78 is 7.20. The van der Waals surface area contributed by atoms with Crippen molar-refractivity contribution in [1.82, 2.24) is 14.5 Å². The zero-order valence-electron chi connectivity index (χ0n) is 11.4. The second-order valence-corrected chi connectivity index (χ2v) is 4.63. The number of aromatic nitrogens is 3. The third-order valence-electron chi connectivity index (χ3n) is 3.43. The number of benzene rings is 1. The van der Waals surface area contributed by atoms with Crippen LogP contribution in [-0.2, 0) is 0 Å². The van der Waals surface area contributed by atoms with Crippen molar-refractivity contribution in [2.75, 3.05) is 12.8 Å². The molecule has 0 amide bonds. The topological polar surface area (TPSA) is 66.0 Å². The molecular weight excluding hydrogens is 252 g/mol. The first-order valence-electron chi connectivity index (χ1n) is 6.43. The molecule has 20 heavy (non-hydrogen) atoms. The van der Waals surface area contributed by atoms with Crippen LogP contribution >= 0.6 is 0 Å². The van der Waals surface area contributed by atoms with E-state index >= 15 is 0 Å². The summed E-state index contributed by atoms with van der Waals surface area (Å²) in [4.78, 5) is 8.79. The Labute approximate surface area is 117 Å². The molecule has 1 atom stereocenters. The molecule has 0 bridgehead atoms. The Balaban J connectivity index is 2.14. The van der Waals surface area contributed by atoms with Gasteiger partial charge in [0.1, 0.15) is 5.75 Å². The van der Waals surface area contributed by atoms with E-state index in [4.69, 9.17) is 10.5 Å². The molecule has 3 aromatic rings. The van der Waals surface area contributed by atoms with Crippen LogP contribution in [0, 0.1) is 0 Å². The molecule has 0 aliphatic rings. The maximum atomic E-state index is 6.07. The van der Waals surface area contributed by atoms with Gasteiger partial charge in [0.05, 0.1) is 29.9 Å². The van der Waals surface area contributed by atoms with Gasteiger partial charge in [0.25, 0.3) is 0 Å². The van der Waals surface area contributed by atoms with Crippen LogP contribution in [0.5, 0.6) is 5.75 Å². The van der Waals surface area contributed by atoms with Gasteiger partial charge in [-0.1, -0.05) is 6.07 Å². The summed E-state index contributed by atoms with van der Waals surface area (Å²) in [7, 11) is 1.64. The van der Waals surface area contributed by atoms with Crippen molar-refractivity contribution < 1.29 is 4.74 Å².